The van der Waals surface area contributed by atoms with Crippen LogP contribution < -0.4 is 4.74 Å². The van der Waals surface area contributed by atoms with Gasteiger partial charge in [0.25, 0.3) is 5.91 Å². The molecule has 0 unspecified atom stereocenters. The van der Waals surface area contributed by atoms with E-state index in [-0.39, 0.29) is 23.8 Å². The van der Waals surface area contributed by atoms with E-state index in [1.807, 2.05) is 30.3 Å². The first-order valence-corrected chi connectivity index (χ1v) is 8.47. The number of ether oxygens (including phenoxy) is 1. The fourth-order valence-electron chi connectivity index (χ4n) is 2.74. The van der Waals surface area contributed by atoms with Gasteiger partial charge in [-0.15, -0.1) is 13.2 Å². The van der Waals surface area contributed by atoms with Gasteiger partial charge in [0.05, 0.1) is 18.3 Å². The number of aromatic nitrogens is 2. The van der Waals surface area contributed by atoms with E-state index in [4.69, 9.17) is 0 Å². The minimum Gasteiger partial charge on any atom is -0.405 e. The molecule has 1 heterocycles. The van der Waals surface area contributed by atoms with Crippen LogP contribution in [0.2, 0.25) is 0 Å². The van der Waals surface area contributed by atoms with E-state index in [1.165, 1.54) is 36.3 Å². The normalized spacial score (nSPS) is 11.3. The molecule has 0 bridgehead atoms. The Hall–Kier alpha value is -3.29. The third-order valence-electron chi connectivity index (χ3n) is 4.02. The Morgan fingerprint density at radius 3 is 2.50 bits per heavy atom. The number of carbonyl (C=O) groups is 1. The molecule has 0 radical (unpaired) electrons. The number of rotatable bonds is 6. The topological polar surface area (TPSA) is 47.4 Å². The van der Waals surface area contributed by atoms with Gasteiger partial charge in [0.1, 0.15) is 5.75 Å². The van der Waals surface area contributed by atoms with E-state index < -0.39 is 6.36 Å². The Morgan fingerprint density at radius 2 is 1.79 bits per heavy atom. The van der Waals surface area contributed by atoms with Gasteiger partial charge in [-0.1, -0.05) is 48.5 Å². The lowest BCUT2D eigenvalue weighted by molar-refractivity contribution is -0.275. The zero-order valence-electron chi connectivity index (χ0n) is 15.1. The molecule has 0 saturated heterocycles. The maximum absolute atomic E-state index is 12.6. The molecule has 0 aliphatic heterocycles. The second-order valence-corrected chi connectivity index (χ2v) is 6.23. The highest BCUT2D eigenvalue weighted by Gasteiger charge is 2.32. The lowest BCUT2D eigenvalue weighted by atomic mass is 10.2. The molecule has 0 N–H and O–H groups in total. The van der Waals surface area contributed by atoms with Crippen LogP contribution in [-0.4, -0.2) is 34.0 Å². The summed E-state index contributed by atoms with van der Waals surface area (Å²) in [5.74, 6) is -0.671. The fourth-order valence-corrected chi connectivity index (χ4v) is 2.74. The molecule has 5 nitrogen and oxygen atoms in total. The molecule has 3 rings (SSSR count). The van der Waals surface area contributed by atoms with Crippen LogP contribution in [0.5, 0.6) is 5.75 Å². The SMILES string of the molecule is CN(Cc1ccccc1OC(F)(F)F)C(=O)c1cnn(Cc2ccccc2)c1. The lowest BCUT2D eigenvalue weighted by Gasteiger charge is -2.19. The molecule has 0 fully saturated rings. The standard InChI is InChI=1S/C20H18F3N3O2/c1-25(13-16-9-5-6-10-18(16)28-20(21,22)23)19(27)17-11-24-26(14-17)12-15-7-3-2-4-8-15/h2-11,14H,12-13H2,1H3. The van der Waals surface area contributed by atoms with Crippen molar-refractivity contribution in [1.82, 2.24) is 14.7 Å². The lowest BCUT2D eigenvalue weighted by Crippen LogP contribution is -2.27. The Bertz CT molecular complexity index is 939. The van der Waals surface area contributed by atoms with Crippen LogP contribution in [0.15, 0.2) is 67.0 Å². The minimum atomic E-state index is -4.79. The molecule has 0 spiro atoms. The van der Waals surface area contributed by atoms with Crippen molar-refractivity contribution in [2.75, 3.05) is 7.05 Å². The Morgan fingerprint density at radius 1 is 1.11 bits per heavy atom. The average Bonchev–Trinajstić information content (AvgIpc) is 3.10. The summed E-state index contributed by atoms with van der Waals surface area (Å²) in [6.45, 7) is 0.481. The number of carbonyl (C=O) groups excluding carboxylic acids is 1. The molecule has 0 atom stereocenters. The third kappa shape index (κ3) is 5.12. The first-order chi connectivity index (χ1) is 13.3. The summed E-state index contributed by atoms with van der Waals surface area (Å²) in [5.41, 5.74) is 1.65. The molecule has 3 aromatic rings. The minimum absolute atomic E-state index is 0.0328. The highest BCUT2D eigenvalue weighted by molar-refractivity contribution is 5.93. The van der Waals surface area contributed by atoms with Gasteiger partial charge in [-0.3, -0.25) is 9.48 Å². The zero-order chi connectivity index (χ0) is 20.1. The molecule has 1 amide bonds. The number of halogens is 3. The molecule has 1 aromatic heterocycles. The van der Waals surface area contributed by atoms with Crippen LogP contribution in [0.4, 0.5) is 13.2 Å². The van der Waals surface area contributed by atoms with Gasteiger partial charge in [0.2, 0.25) is 0 Å². The Kier molecular flexibility index (Phi) is 5.67. The summed E-state index contributed by atoms with van der Waals surface area (Å²) < 4.78 is 43.3. The molecule has 0 aliphatic carbocycles. The van der Waals surface area contributed by atoms with Crippen molar-refractivity contribution in [3.63, 3.8) is 0 Å². The van der Waals surface area contributed by atoms with Gasteiger partial charge in [0.15, 0.2) is 0 Å². The summed E-state index contributed by atoms with van der Waals surface area (Å²) >= 11 is 0. The van der Waals surface area contributed by atoms with Gasteiger partial charge < -0.3 is 9.64 Å². The van der Waals surface area contributed by atoms with Crippen molar-refractivity contribution in [3.05, 3.63) is 83.7 Å². The van der Waals surface area contributed by atoms with E-state index >= 15 is 0 Å². The van der Waals surface area contributed by atoms with E-state index in [1.54, 1.807) is 16.9 Å². The predicted molar refractivity (Wildman–Crippen MR) is 96.7 cm³/mol. The number of amides is 1. The van der Waals surface area contributed by atoms with Gasteiger partial charge in [-0.2, -0.15) is 5.10 Å². The van der Waals surface area contributed by atoms with Crippen LogP contribution in [0, 0.1) is 0 Å². The molecule has 2 aromatic carbocycles. The van der Waals surface area contributed by atoms with Crippen LogP contribution in [-0.2, 0) is 13.1 Å². The number of hydrogen-bond donors (Lipinski definition) is 0. The molecule has 0 saturated carbocycles. The summed E-state index contributed by atoms with van der Waals surface area (Å²) in [6.07, 6.45) is -1.74. The van der Waals surface area contributed by atoms with Gasteiger partial charge in [0, 0.05) is 25.4 Å². The molecular weight excluding hydrogens is 371 g/mol. The van der Waals surface area contributed by atoms with Crippen LogP contribution >= 0.6 is 0 Å². The Labute approximate surface area is 160 Å². The molecule has 8 heteroatoms. The number of para-hydroxylation sites is 1. The number of benzene rings is 2. The van der Waals surface area contributed by atoms with Crippen LogP contribution in [0.1, 0.15) is 21.5 Å². The van der Waals surface area contributed by atoms with Crippen molar-refractivity contribution >= 4 is 5.91 Å². The Balaban J connectivity index is 1.69. The molecule has 0 aliphatic rings. The van der Waals surface area contributed by atoms with Crippen molar-refractivity contribution in [1.29, 1.82) is 0 Å². The predicted octanol–water partition coefficient (Wildman–Crippen LogP) is 4.10. The van der Waals surface area contributed by atoms with Crippen LogP contribution in [0.25, 0.3) is 0 Å². The zero-order valence-corrected chi connectivity index (χ0v) is 15.1. The summed E-state index contributed by atoms with van der Waals surface area (Å²) in [6, 6.07) is 15.4. The van der Waals surface area contributed by atoms with Gasteiger partial charge >= 0.3 is 6.36 Å². The largest absolute Gasteiger partial charge is 0.573 e. The summed E-state index contributed by atoms with van der Waals surface area (Å²) in [5, 5.41) is 4.18. The monoisotopic (exact) mass is 389 g/mol. The third-order valence-corrected chi connectivity index (χ3v) is 4.02. The highest BCUT2D eigenvalue weighted by atomic mass is 19.4. The second-order valence-electron chi connectivity index (χ2n) is 6.23. The molecule has 146 valence electrons. The van der Waals surface area contributed by atoms with E-state index in [0.29, 0.717) is 12.1 Å². The fraction of sp³-hybridized carbons (Fsp3) is 0.200. The maximum Gasteiger partial charge on any atom is 0.573 e. The van der Waals surface area contributed by atoms with Gasteiger partial charge in [-0.05, 0) is 11.6 Å². The number of hydrogen-bond acceptors (Lipinski definition) is 3. The first kappa shape index (κ1) is 19.5. The van der Waals surface area contributed by atoms with Crippen molar-refractivity contribution < 1.29 is 22.7 Å². The van der Waals surface area contributed by atoms with E-state index in [2.05, 4.69) is 9.84 Å². The first-order valence-electron chi connectivity index (χ1n) is 8.47. The maximum atomic E-state index is 12.6. The second kappa shape index (κ2) is 8.16. The highest BCUT2D eigenvalue weighted by Crippen LogP contribution is 2.27. The number of nitrogens with zero attached hydrogens (tertiary/aromatic N) is 3. The summed E-state index contributed by atoms with van der Waals surface area (Å²) in [4.78, 5) is 13.9. The van der Waals surface area contributed by atoms with Crippen molar-refractivity contribution in [2.45, 2.75) is 19.5 Å². The van der Waals surface area contributed by atoms with Crippen LogP contribution in [0.3, 0.4) is 0 Å². The smallest absolute Gasteiger partial charge is 0.405 e. The van der Waals surface area contributed by atoms with Crippen molar-refractivity contribution in [3.8, 4) is 5.75 Å². The summed E-state index contributed by atoms with van der Waals surface area (Å²) in [7, 11) is 1.52. The van der Waals surface area contributed by atoms with Crippen molar-refractivity contribution in [2.24, 2.45) is 0 Å². The average molecular weight is 389 g/mol. The number of alkyl halides is 3. The molecule has 28 heavy (non-hydrogen) atoms. The molecular formula is C20H18F3N3O2. The quantitative estimate of drug-likeness (QED) is 0.638. The van der Waals surface area contributed by atoms with Gasteiger partial charge in [-0.25, -0.2) is 0 Å². The van der Waals surface area contributed by atoms with E-state index in [9.17, 15) is 18.0 Å². The van der Waals surface area contributed by atoms with E-state index in [0.717, 1.165) is 5.56 Å².